The van der Waals surface area contributed by atoms with Crippen molar-refractivity contribution < 1.29 is 0 Å². The first kappa shape index (κ1) is 9.95. The largest absolute Gasteiger partial charge is 0.321 e. The zero-order chi connectivity index (χ0) is 6.91. The maximum absolute atomic E-state index is 5.81. The molecular formula is C7H12ClNS. The summed E-state index contributed by atoms with van der Waals surface area (Å²) in [6.45, 7) is 4.03. The van der Waals surface area contributed by atoms with Gasteiger partial charge in [0.25, 0.3) is 0 Å². The Morgan fingerprint density at radius 3 is 2.30 bits per heavy atom. The standard InChI is InChI=1S/C7H11NS.ClH/c1-7(2,8)6-4-3-5-9-6;/h3-5H,8H2,1-2H3;1H. The Hall–Kier alpha value is -0.0500. The minimum atomic E-state index is -0.159. The molecule has 1 aromatic rings. The summed E-state index contributed by atoms with van der Waals surface area (Å²) >= 11 is 1.70. The summed E-state index contributed by atoms with van der Waals surface area (Å²) in [6, 6.07) is 4.08. The molecule has 0 aromatic carbocycles. The second-order valence-electron chi connectivity index (χ2n) is 2.70. The van der Waals surface area contributed by atoms with E-state index in [1.165, 1.54) is 4.88 Å². The highest BCUT2D eigenvalue weighted by atomic mass is 35.5. The van der Waals surface area contributed by atoms with Gasteiger partial charge >= 0.3 is 0 Å². The van der Waals surface area contributed by atoms with Crippen LogP contribution in [0.25, 0.3) is 0 Å². The molecule has 0 saturated carbocycles. The fourth-order valence-electron chi connectivity index (χ4n) is 0.645. The summed E-state index contributed by atoms with van der Waals surface area (Å²) in [5.41, 5.74) is 5.65. The van der Waals surface area contributed by atoms with Crippen LogP contribution < -0.4 is 5.73 Å². The number of rotatable bonds is 1. The molecule has 1 rings (SSSR count). The maximum atomic E-state index is 5.81. The molecule has 0 amide bonds. The topological polar surface area (TPSA) is 26.0 Å². The van der Waals surface area contributed by atoms with Crippen molar-refractivity contribution in [1.82, 2.24) is 0 Å². The molecule has 0 aliphatic carbocycles. The van der Waals surface area contributed by atoms with Crippen molar-refractivity contribution in [3.05, 3.63) is 22.4 Å². The fourth-order valence-corrected chi connectivity index (χ4v) is 1.41. The Labute approximate surface area is 71.7 Å². The van der Waals surface area contributed by atoms with E-state index in [9.17, 15) is 0 Å². The van der Waals surface area contributed by atoms with E-state index in [1.54, 1.807) is 11.3 Å². The summed E-state index contributed by atoms with van der Waals surface area (Å²) in [4.78, 5) is 1.24. The molecule has 0 aliphatic heterocycles. The second-order valence-corrected chi connectivity index (χ2v) is 3.65. The van der Waals surface area contributed by atoms with Crippen molar-refractivity contribution in [2.75, 3.05) is 0 Å². The molecule has 0 saturated heterocycles. The molecule has 58 valence electrons. The Balaban J connectivity index is 0.000000810. The highest BCUT2D eigenvalue weighted by molar-refractivity contribution is 7.10. The molecule has 10 heavy (non-hydrogen) atoms. The summed E-state index contributed by atoms with van der Waals surface area (Å²) in [5.74, 6) is 0. The monoisotopic (exact) mass is 177 g/mol. The third-order valence-electron chi connectivity index (χ3n) is 1.16. The molecule has 0 unspecified atom stereocenters. The SMILES string of the molecule is CC(C)(N)c1cccs1.Cl. The van der Waals surface area contributed by atoms with E-state index in [0.29, 0.717) is 0 Å². The van der Waals surface area contributed by atoms with E-state index in [1.807, 2.05) is 25.3 Å². The highest BCUT2D eigenvalue weighted by Gasteiger charge is 2.13. The van der Waals surface area contributed by atoms with Crippen molar-refractivity contribution in [2.45, 2.75) is 19.4 Å². The van der Waals surface area contributed by atoms with Gasteiger partial charge in [0.15, 0.2) is 0 Å². The van der Waals surface area contributed by atoms with Gasteiger partial charge in [-0.1, -0.05) is 6.07 Å². The second kappa shape index (κ2) is 3.37. The van der Waals surface area contributed by atoms with Crippen LogP contribution in [0.4, 0.5) is 0 Å². The first-order chi connectivity index (χ1) is 4.11. The Bertz CT molecular complexity index is 176. The molecule has 0 atom stereocenters. The predicted molar refractivity (Wildman–Crippen MR) is 48.8 cm³/mol. The Kier molecular flexibility index (Phi) is 3.36. The van der Waals surface area contributed by atoms with Crippen molar-refractivity contribution in [3.8, 4) is 0 Å². The van der Waals surface area contributed by atoms with E-state index in [-0.39, 0.29) is 17.9 Å². The number of hydrogen-bond acceptors (Lipinski definition) is 2. The smallest absolute Gasteiger partial charge is 0.0446 e. The molecule has 0 spiro atoms. The lowest BCUT2D eigenvalue weighted by Gasteiger charge is -2.15. The van der Waals surface area contributed by atoms with Crippen LogP contribution in [0.15, 0.2) is 17.5 Å². The van der Waals surface area contributed by atoms with Gasteiger partial charge in [-0.05, 0) is 25.3 Å². The number of nitrogens with two attached hydrogens (primary N) is 1. The van der Waals surface area contributed by atoms with Gasteiger partial charge < -0.3 is 5.73 Å². The molecule has 2 N–H and O–H groups in total. The molecule has 0 aliphatic rings. The van der Waals surface area contributed by atoms with Crippen molar-refractivity contribution in [3.63, 3.8) is 0 Å². The molecule has 0 radical (unpaired) electrons. The number of hydrogen-bond donors (Lipinski definition) is 1. The van der Waals surface area contributed by atoms with Gasteiger partial charge in [-0.3, -0.25) is 0 Å². The minimum absolute atomic E-state index is 0. The molecule has 1 nitrogen and oxygen atoms in total. The summed E-state index contributed by atoms with van der Waals surface area (Å²) in [5, 5.41) is 2.05. The van der Waals surface area contributed by atoms with Crippen molar-refractivity contribution in [1.29, 1.82) is 0 Å². The molecule has 1 heterocycles. The summed E-state index contributed by atoms with van der Waals surface area (Å²) in [6.07, 6.45) is 0. The lowest BCUT2D eigenvalue weighted by Crippen LogP contribution is -2.27. The predicted octanol–water partition coefficient (Wildman–Crippen LogP) is 2.36. The quantitative estimate of drug-likeness (QED) is 0.701. The first-order valence-electron chi connectivity index (χ1n) is 2.93. The van der Waals surface area contributed by atoms with Crippen LogP contribution in [0, 0.1) is 0 Å². The normalized spacial score (nSPS) is 10.7. The lowest BCUT2D eigenvalue weighted by molar-refractivity contribution is 0.567. The van der Waals surface area contributed by atoms with Crippen LogP contribution >= 0.6 is 23.7 Å². The average Bonchev–Trinajstić information content (AvgIpc) is 2.08. The Morgan fingerprint density at radius 1 is 1.50 bits per heavy atom. The van der Waals surface area contributed by atoms with Gasteiger partial charge in [0, 0.05) is 10.4 Å². The van der Waals surface area contributed by atoms with Crippen molar-refractivity contribution in [2.24, 2.45) is 5.73 Å². The van der Waals surface area contributed by atoms with Crippen LogP contribution in [0.3, 0.4) is 0 Å². The molecular weight excluding hydrogens is 166 g/mol. The number of halogens is 1. The van der Waals surface area contributed by atoms with Crippen LogP contribution in [0.1, 0.15) is 18.7 Å². The van der Waals surface area contributed by atoms with E-state index >= 15 is 0 Å². The van der Waals surface area contributed by atoms with Gasteiger partial charge in [-0.15, -0.1) is 23.7 Å². The van der Waals surface area contributed by atoms with Gasteiger partial charge in [0.2, 0.25) is 0 Å². The zero-order valence-electron chi connectivity index (χ0n) is 6.13. The fraction of sp³-hybridized carbons (Fsp3) is 0.429. The number of thiophene rings is 1. The summed E-state index contributed by atoms with van der Waals surface area (Å²) < 4.78 is 0. The Morgan fingerprint density at radius 2 is 2.10 bits per heavy atom. The summed E-state index contributed by atoms with van der Waals surface area (Å²) in [7, 11) is 0. The van der Waals surface area contributed by atoms with Gasteiger partial charge in [-0.25, -0.2) is 0 Å². The van der Waals surface area contributed by atoms with Crippen LogP contribution in [0.2, 0.25) is 0 Å². The maximum Gasteiger partial charge on any atom is 0.0446 e. The van der Waals surface area contributed by atoms with E-state index < -0.39 is 0 Å². The highest BCUT2D eigenvalue weighted by Crippen LogP contribution is 2.21. The van der Waals surface area contributed by atoms with Crippen LogP contribution in [0.5, 0.6) is 0 Å². The van der Waals surface area contributed by atoms with Crippen LogP contribution in [-0.4, -0.2) is 0 Å². The molecule has 0 bridgehead atoms. The van der Waals surface area contributed by atoms with E-state index in [0.717, 1.165) is 0 Å². The van der Waals surface area contributed by atoms with Gasteiger partial charge in [0.1, 0.15) is 0 Å². The zero-order valence-corrected chi connectivity index (χ0v) is 7.76. The third kappa shape index (κ3) is 2.29. The lowest BCUT2D eigenvalue weighted by atomic mass is 10.1. The van der Waals surface area contributed by atoms with Crippen LogP contribution in [-0.2, 0) is 5.54 Å². The van der Waals surface area contributed by atoms with Gasteiger partial charge in [-0.2, -0.15) is 0 Å². The molecule has 3 heteroatoms. The molecule has 0 fully saturated rings. The average molecular weight is 178 g/mol. The van der Waals surface area contributed by atoms with E-state index in [4.69, 9.17) is 5.73 Å². The minimum Gasteiger partial charge on any atom is -0.321 e. The van der Waals surface area contributed by atoms with Gasteiger partial charge in [0.05, 0.1) is 0 Å². The third-order valence-corrected chi connectivity index (χ3v) is 2.37. The first-order valence-corrected chi connectivity index (χ1v) is 3.81. The molecule has 1 aromatic heterocycles. The van der Waals surface area contributed by atoms with E-state index in [2.05, 4.69) is 6.07 Å². The van der Waals surface area contributed by atoms with Crippen molar-refractivity contribution >= 4 is 23.7 Å².